The Bertz CT molecular complexity index is 685. The molecule has 1 aliphatic heterocycles. The monoisotopic (exact) mass is 343 g/mol. The van der Waals surface area contributed by atoms with Gasteiger partial charge in [0.1, 0.15) is 0 Å². The fraction of sp³-hybridized carbons (Fsp3) is 0.526. The molecule has 1 saturated carbocycles. The molecule has 2 unspecified atom stereocenters. The van der Waals surface area contributed by atoms with Gasteiger partial charge in [-0.2, -0.15) is 0 Å². The fourth-order valence-electron chi connectivity index (χ4n) is 3.63. The maximum absolute atomic E-state index is 12.5. The number of anilines is 1. The number of hydrogen-bond donors (Lipinski definition) is 1. The molecular weight excluding hydrogens is 318 g/mol. The van der Waals surface area contributed by atoms with Gasteiger partial charge in [-0.3, -0.25) is 14.4 Å². The summed E-state index contributed by atoms with van der Waals surface area (Å²) in [6, 6.07) is 4.09. The minimum atomic E-state index is -0.239. The van der Waals surface area contributed by atoms with Crippen molar-refractivity contribution in [3.63, 3.8) is 0 Å². The molecule has 1 aromatic rings. The lowest BCUT2D eigenvalue weighted by Gasteiger charge is -2.32. The van der Waals surface area contributed by atoms with Crippen molar-refractivity contribution < 1.29 is 14.4 Å². The number of piperazine rings is 1. The zero-order valence-corrected chi connectivity index (χ0v) is 15.0. The molecule has 2 atom stereocenters. The van der Waals surface area contributed by atoms with Crippen LogP contribution in [0.5, 0.6) is 0 Å². The third-order valence-corrected chi connectivity index (χ3v) is 5.14. The molecule has 25 heavy (non-hydrogen) atoms. The largest absolute Gasteiger partial charge is 0.342 e. The molecule has 6 heteroatoms. The summed E-state index contributed by atoms with van der Waals surface area (Å²) in [6.45, 7) is 8.25. The second-order valence-electron chi connectivity index (χ2n) is 7.18. The lowest BCUT2D eigenvalue weighted by atomic mass is 10.0. The zero-order chi connectivity index (χ0) is 18.1. The molecule has 134 valence electrons. The third kappa shape index (κ3) is 3.67. The second-order valence-corrected chi connectivity index (χ2v) is 7.18. The summed E-state index contributed by atoms with van der Waals surface area (Å²) in [5, 5.41) is 3.01. The second kappa shape index (κ2) is 6.86. The van der Waals surface area contributed by atoms with Crippen LogP contribution in [0.1, 0.15) is 23.1 Å². The Balaban J connectivity index is 1.57. The van der Waals surface area contributed by atoms with Crippen LogP contribution in [-0.2, 0) is 14.4 Å². The summed E-state index contributed by atoms with van der Waals surface area (Å²) in [5.74, 6) is -0.478. The first-order valence-electron chi connectivity index (χ1n) is 8.77. The van der Waals surface area contributed by atoms with Gasteiger partial charge in [0.05, 0.1) is 11.8 Å². The van der Waals surface area contributed by atoms with Gasteiger partial charge in [0, 0.05) is 31.9 Å². The Morgan fingerprint density at radius 1 is 1.04 bits per heavy atom. The fourth-order valence-corrected chi connectivity index (χ4v) is 3.63. The van der Waals surface area contributed by atoms with Crippen LogP contribution in [0.4, 0.5) is 5.69 Å². The van der Waals surface area contributed by atoms with Crippen LogP contribution in [0.25, 0.3) is 0 Å². The molecule has 1 aliphatic carbocycles. The number of nitrogens with one attached hydrogen (secondary N) is 1. The van der Waals surface area contributed by atoms with E-state index in [1.54, 1.807) is 9.80 Å². The van der Waals surface area contributed by atoms with Gasteiger partial charge >= 0.3 is 0 Å². The number of hydrogen-bond acceptors (Lipinski definition) is 3. The van der Waals surface area contributed by atoms with E-state index in [-0.39, 0.29) is 23.7 Å². The van der Waals surface area contributed by atoms with Gasteiger partial charge in [0.15, 0.2) is 0 Å². The van der Waals surface area contributed by atoms with Crippen molar-refractivity contribution in [2.75, 3.05) is 31.5 Å². The van der Waals surface area contributed by atoms with Gasteiger partial charge in [-0.1, -0.05) is 17.7 Å². The summed E-state index contributed by atoms with van der Waals surface area (Å²) in [6.07, 6.45) is 1.43. The molecule has 2 aliphatic rings. The number of carbonyl (C=O) groups is 3. The van der Waals surface area contributed by atoms with Crippen LogP contribution in [0.3, 0.4) is 0 Å². The molecule has 2 fully saturated rings. The number of rotatable bonds is 4. The first-order chi connectivity index (χ1) is 11.9. The highest BCUT2D eigenvalue weighted by Gasteiger charge is 2.49. The summed E-state index contributed by atoms with van der Waals surface area (Å²) in [5.41, 5.74) is 4.11. The average molecular weight is 343 g/mol. The molecule has 0 radical (unpaired) electrons. The standard InChI is InChI=1S/C19H25N3O3/c1-12-8-13(2)17(14(3)9-12)20-18(24)15-10-16(15)19(25)22-6-4-21(11-23)5-7-22/h8-9,11,15-16H,4-7,10H2,1-3H3,(H,20,24). The van der Waals surface area contributed by atoms with Crippen molar-refractivity contribution in [3.05, 3.63) is 28.8 Å². The molecule has 1 heterocycles. The average Bonchev–Trinajstić information content (AvgIpc) is 3.38. The van der Waals surface area contributed by atoms with E-state index < -0.39 is 0 Å². The van der Waals surface area contributed by atoms with Crippen LogP contribution in [0, 0.1) is 32.6 Å². The summed E-state index contributed by atoms with van der Waals surface area (Å²) >= 11 is 0. The Kier molecular flexibility index (Phi) is 4.79. The zero-order valence-electron chi connectivity index (χ0n) is 15.0. The highest BCUT2D eigenvalue weighted by Crippen LogP contribution is 2.41. The summed E-state index contributed by atoms with van der Waals surface area (Å²) < 4.78 is 0. The predicted molar refractivity (Wildman–Crippen MR) is 95.1 cm³/mol. The van der Waals surface area contributed by atoms with E-state index in [2.05, 4.69) is 5.32 Å². The van der Waals surface area contributed by atoms with Crippen LogP contribution in [-0.4, -0.2) is 54.2 Å². The molecule has 3 rings (SSSR count). The van der Waals surface area contributed by atoms with E-state index in [0.717, 1.165) is 23.2 Å². The maximum Gasteiger partial charge on any atom is 0.228 e. The smallest absolute Gasteiger partial charge is 0.228 e. The Labute approximate surface area is 148 Å². The molecule has 0 aromatic heterocycles. The van der Waals surface area contributed by atoms with E-state index >= 15 is 0 Å². The normalized spacial score (nSPS) is 22.5. The highest BCUT2D eigenvalue weighted by atomic mass is 16.2. The van der Waals surface area contributed by atoms with Gasteiger partial charge in [0.2, 0.25) is 18.2 Å². The van der Waals surface area contributed by atoms with Crippen LogP contribution >= 0.6 is 0 Å². The Hall–Kier alpha value is -2.37. The number of benzene rings is 1. The van der Waals surface area contributed by atoms with E-state index in [0.29, 0.717) is 32.6 Å². The molecule has 0 spiro atoms. The highest BCUT2D eigenvalue weighted by molar-refractivity contribution is 6.00. The quantitative estimate of drug-likeness (QED) is 0.842. The van der Waals surface area contributed by atoms with Gasteiger partial charge in [-0.25, -0.2) is 0 Å². The van der Waals surface area contributed by atoms with Crippen molar-refractivity contribution in [1.82, 2.24) is 9.80 Å². The summed E-state index contributed by atoms with van der Waals surface area (Å²) in [4.78, 5) is 39.3. The predicted octanol–water partition coefficient (Wildman–Crippen LogP) is 1.49. The van der Waals surface area contributed by atoms with Crippen LogP contribution < -0.4 is 5.32 Å². The van der Waals surface area contributed by atoms with E-state index in [1.165, 1.54) is 5.56 Å². The molecule has 1 aromatic carbocycles. The van der Waals surface area contributed by atoms with Gasteiger partial charge in [0.25, 0.3) is 0 Å². The molecule has 6 nitrogen and oxygen atoms in total. The molecule has 1 saturated heterocycles. The number of nitrogens with zero attached hydrogens (tertiary/aromatic N) is 2. The number of amides is 3. The molecule has 1 N–H and O–H groups in total. The minimum absolute atomic E-state index is 0.0445. The molecular formula is C19H25N3O3. The Morgan fingerprint density at radius 3 is 2.20 bits per heavy atom. The lowest BCUT2D eigenvalue weighted by Crippen LogP contribution is -2.48. The lowest BCUT2D eigenvalue weighted by molar-refractivity contribution is -0.137. The van der Waals surface area contributed by atoms with Crippen LogP contribution in [0.2, 0.25) is 0 Å². The SMILES string of the molecule is Cc1cc(C)c(NC(=O)C2CC2C(=O)N2CCN(C=O)CC2)c(C)c1. The third-order valence-electron chi connectivity index (χ3n) is 5.14. The topological polar surface area (TPSA) is 69.7 Å². The van der Waals surface area contributed by atoms with Crippen LogP contribution in [0.15, 0.2) is 12.1 Å². The first kappa shape index (κ1) is 17.5. The van der Waals surface area contributed by atoms with Gasteiger partial charge in [-0.15, -0.1) is 0 Å². The number of carbonyl (C=O) groups excluding carboxylic acids is 3. The Morgan fingerprint density at radius 2 is 1.64 bits per heavy atom. The van der Waals surface area contributed by atoms with E-state index in [4.69, 9.17) is 0 Å². The van der Waals surface area contributed by atoms with Crippen molar-refractivity contribution >= 4 is 23.9 Å². The van der Waals surface area contributed by atoms with Gasteiger partial charge < -0.3 is 15.1 Å². The van der Waals surface area contributed by atoms with Crippen molar-refractivity contribution in [2.45, 2.75) is 27.2 Å². The minimum Gasteiger partial charge on any atom is -0.342 e. The molecule has 0 bridgehead atoms. The molecule has 3 amide bonds. The van der Waals surface area contributed by atoms with Crippen molar-refractivity contribution in [3.8, 4) is 0 Å². The van der Waals surface area contributed by atoms with Gasteiger partial charge in [-0.05, 0) is 38.3 Å². The summed E-state index contributed by atoms with van der Waals surface area (Å²) in [7, 11) is 0. The van der Waals surface area contributed by atoms with Crippen molar-refractivity contribution in [2.24, 2.45) is 11.8 Å². The number of aryl methyl sites for hydroxylation is 3. The van der Waals surface area contributed by atoms with E-state index in [1.807, 2.05) is 32.9 Å². The maximum atomic E-state index is 12.5. The first-order valence-corrected chi connectivity index (χ1v) is 8.77. The van der Waals surface area contributed by atoms with Crippen molar-refractivity contribution in [1.29, 1.82) is 0 Å². The van der Waals surface area contributed by atoms with E-state index in [9.17, 15) is 14.4 Å².